The smallest absolute Gasteiger partial charge is 0.335 e. The summed E-state index contributed by atoms with van der Waals surface area (Å²) < 4.78 is 4.98. The van der Waals surface area contributed by atoms with E-state index in [9.17, 15) is 4.79 Å². The molecule has 0 radical (unpaired) electrons. The number of nitrogens with zero attached hydrogens (tertiary/aromatic N) is 1. The van der Waals surface area contributed by atoms with Crippen LogP contribution >= 0.6 is 0 Å². The van der Waals surface area contributed by atoms with Gasteiger partial charge in [0, 0.05) is 26.0 Å². The number of carbonyl (C=O) groups is 1. The first-order chi connectivity index (χ1) is 9.17. The highest BCUT2D eigenvalue weighted by Gasteiger charge is 2.07. The van der Waals surface area contributed by atoms with Crippen molar-refractivity contribution in [1.29, 1.82) is 0 Å². The molecular weight excluding hydrogens is 244 g/mol. The summed E-state index contributed by atoms with van der Waals surface area (Å²) in [6.45, 7) is 3.54. The average molecular weight is 266 g/mol. The van der Waals surface area contributed by atoms with Crippen LogP contribution in [0.15, 0.2) is 12.1 Å². The number of nitrogens with one attached hydrogen (secondary N) is 1. The van der Waals surface area contributed by atoms with Crippen LogP contribution in [-0.4, -0.2) is 36.3 Å². The quantitative estimate of drug-likeness (QED) is 0.672. The molecule has 1 aromatic rings. The van der Waals surface area contributed by atoms with Crippen LogP contribution in [0.2, 0.25) is 0 Å². The zero-order valence-electron chi connectivity index (χ0n) is 11.6. The lowest BCUT2D eigenvalue weighted by Crippen LogP contribution is -2.07. The third kappa shape index (κ3) is 5.70. The maximum absolute atomic E-state index is 11.0. The molecule has 0 atom stereocenters. The SMILES string of the molecule is CCc1cc(C(=O)O)cc(NCCCCCOC)n1. The Hall–Kier alpha value is -1.62. The molecule has 106 valence electrons. The van der Waals surface area contributed by atoms with Crippen molar-refractivity contribution in [3.63, 3.8) is 0 Å². The van der Waals surface area contributed by atoms with E-state index in [4.69, 9.17) is 9.84 Å². The van der Waals surface area contributed by atoms with E-state index in [0.29, 0.717) is 5.82 Å². The lowest BCUT2D eigenvalue weighted by molar-refractivity contribution is 0.0696. The number of hydrogen-bond acceptors (Lipinski definition) is 4. The van der Waals surface area contributed by atoms with Crippen LogP contribution in [0.25, 0.3) is 0 Å². The first kappa shape index (κ1) is 15.4. The largest absolute Gasteiger partial charge is 0.478 e. The normalized spacial score (nSPS) is 10.4. The van der Waals surface area contributed by atoms with Gasteiger partial charge in [-0.3, -0.25) is 0 Å². The van der Waals surface area contributed by atoms with Crippen LogP contribution in [0.4, 0.5) is 5.82 Å². The summed E-state index contributed by atoms with van der Waals surface area (Å²) in [5, 5.41) is 12.2. The van der Waals surface area contributed by atoms with Gasteiger partial charge >= 0.3 is 5.97 Å². The second kappa shape index (κ2) is 8.48. The third-order valence-corrected chi connectivity index (χ3v) is 2.82. The molecule has 19 heavy (non-hydrogen) atoms. The van der Waals surface area contributed by atoms with E-state index in [0.717, 1.165) is 44.5 Å². The monoisotopic (exact) mass is 266 g/mol. The van der Waals surface area contributed by atoms with Gasteiger partial charge in [-0.1, -0.05) is 6.92 Å². The summed E-state index contributed by atoms with van der Waals surface area (Å²) in [4.78, 5) is 15.4. The van der Waals surface area contributed by atoms with Gasteiger partial charge in [-0.05, 0) is 37.8 Å². The number of pyridine rings is 1. The topological polar surface area (TPSA) is 71.5 Å². The van der Waals surface area contributed by atoms with Crippen molar-refractivity contribution in [1.82, 2.24) is 4.98 Å². The molecule has 1 aromatic heterocycles. The molecule has 0 saturated heterocycles. The second-order valence-electron chi connectivity index (χ2n) is 4.37. The molecule has 0 aromatic carbocycles. The molecule has 0 amide bonds. The van der Waals surface area contributed by atoms with Crippen LogP contribution in [0.3, 0.4) is 0 Å². The number of carboxylic acids is 1. The van der Waals surface area contributed by atoms with E-state index < -0.39 is 5.97 Å². The first-order valence-electron chi connectivity index (χ1n) is 6.64. The standard InChI is InChI=1S/C14H22N2O3/c1-3-12-9-11(14(17)18)10-13(16-12)15-7-5-4-6-8-19-2/h9-10H,3-8H2,1-2H3,(H,15,16)(H,17,18). The van der Waals surface area contributed by atoms with Crippen LogP contribution < -0.4 is 5.32 Å². The van der Waals surface area contributed by atoms with Crippen molar-refractivity contribution < 1.29 is 14.6 Å². The zero-order chi connectivity index (χ0) is 14.1. The van der Waals surface area contributed by atoms with Crippen molar-refractivity contribution in [2.45, 2.75) is 32.6 Å². The minimum Gasteiger partial charge on any atom is -0.478 e. The van der Waals surface area contributed by atoms with Gasteiger partial charge in [-0.25, -0.2) is 9.78 Å². The van der Waals surface area contributed by atoms with Gasteiger partial charge in [0.1, 0.15) is 5.82 Å². The predicted molar refractivity (Wildman–Crippen MR) is 74.8 cm³/mol. The highest BCUT2D eigenvalue weighted by Crippen LogP contribution is 2.11. The Morgan fingerprint density at radius 2 is 2.16 bits per heavy atom. The van der Waals surface area contributed by atoms with Crippen molar-refractivity contribution in [2.75, 3.05) is 25.6 Å². The van der Waals surface area contributed by atoms with E-state index in [1.54, 1.807) is 19.2 Å². The van der Waals surface area contributed by atoms with Gasteiger partial charge in [0.2, 0.25) is 0 Å². The Morgan fingerprint density at radius 3 is 2.79 bits per heavy atom. The van der Waals surface area contributed by atoms with Gasteiger partial charge in [0.25, 0.3) is 0 Å². The highest BCUT2D eigenvalue weighted by atomic mass is 16.5. The Bertz CT molecular complexity index is 408. The molecule has 0 fully saturated rings. The molecule has 5 nitrogen and oxygen atoms in total. The number of aromatic nitrogens is 1. The van der Waals surface area contributed by atoms with Crippen molar-refractivity contribution >= 4 is 11.8 Å². The van der Waals surface area contributed by atoms with E-state index in [1.807, 2.05) is 6.92 Å². The summed E-state index contributed by atoms with van der Waals surface area (Å²) in [5.74, 6) is -0.274. The fourth-order valence-electron chi connectivity index (χ4n) is 1.75. The fourth-order valence-corrected chi connectivity index (χ4v) is 1.75. The van der Waals surface area contributed by atoms with Gasteiger partial charge in [-0.15, -0.1) is 0 Å². The van der Waals surface area contributed by atoms with Gasteiger partial charge in [0.15, 0.2) is 0 Å². The van der Waals surface area contributed by atoms with Crippen LogP contribution in [0, 0.1) is 0 Å². The Balaban J connectivity index is 2.48. The van der Waals surface area contributed by atoms with Crippen LogP contribution in [0.1, 0.15) is 42.2 Å². The summed E-state index contributed by atoms with van der Waals surface area (Å²) in [5.41, 5.74) is 1.08. The summed E-state index contributed by atoms with van der Waals surface area (Å²) in [6.07, 6.45) is 3.87. The average Bonchev–Trinajstić information content (AvgIpc) is 2.42. The molecule has 0 aliphatic carbocycles. The molecule has 0 aliphatic rings. The number of rotatable bonds is 9. The van der Waals surface area contributed by atoms with Gasteiger partial charge in [-0.2, -0.15) is 0 Å². The van der Waals surface area contributed by atoms with Crippen molar-refractivity contribution in [3.8, 4) is 0 Å². The second-order valence-corrected chi connectivity index (χ2v) is 4.37. The lowest BCUT2D eigenvalue weighted by Gasteiger charge is -2.08. The molecule has 0 bridgehead atoms. The number of aromatic carboxylic acids is 1. The number of hydrogen-bond donors (Lipinski definition) is 2. The number of ether oxygens (including phenoxy) is 1. The maximum Gasteiger partial charge on any atom is 0.335 e. The molecule has 5 heteroatoms. The van der Waals surface area contributed by atoms with E-state index in [-0.39, 0.29) is 5.56 Å². The van der Waals surface area contributed by atoms with Crippen LogP contribution in [-0.2, 0) is 11.2 Å². The van der Waals surface area contributed by atoms with Gasteiger partial charge in [0.05, 0.1) is 5.56 Å². The third-order valence-electron chi connectivity index (χ3n) is 2.82. The summed E-state index contributed by atoms with van der Waals surface area (Å²) in [6, 6.07) is 3.20. The van der Waals surface area contributed by atoms with Crippen molar-refractivity contribution in [3.05, 3.63) is 23.4 Å². The Morgan fingerprint density at radius 1 is 1.37 bits per heavy atom. The predicted octanol–water partition coefficient (Wildman–Crippen LogP) is 2.57. The number of aryl methyl sites for hydroxylation is 1. The van der Waals surface area contributed by atoms with Gasteiger partial charge < -0.3 is 15.2 Å². The lowest BCUT2D eigenvalue weighted by atomic mass is 10.2. The molecule has 2 N–H and O–H groups in total. The minimum atomic E-state index is -0.916. The number of methoxy groups -OCH3 is 1. The number of anilines is 1. The molecule has 0 aliphatic heterocycles. The Labute approximate surface area is 114 Å². The molecule has 0 spiro atoms. The number of unbranched alkanes of at least 4 members (excludes halogenated alkanes) is 2. The van der Waals surface area contributed by atoms with E-state index in [1.165, 1.54) is 0 Å². The Kier molecular flexibility index (Phi) is 6.89. The molecular formula is C14H22N2O3. The summed E-state index contributed by atoms with van der Waals surface area (Å²) >= 11 is 0. The van der Waals surface area contributed by atoms with Crippen molar-refractivity contribution in [2.24, 2.45) is 0 Å². The molecule has 0 saturated carbocycles. The molecule has 1 heterocycles. The number of carboxylic acid groups (broad SMARTS) is 1. The fraction of sp³-hybridized carbons (Fsp3) is 0.571. The zero-order valence-corrected chi connectivity index (χ0v) is 11.6. The molecule has 0 unspecified atom stereocenters. The van der Waals surface area contributed by atoms with E-state index >= 15 is 0 Å². The minimum absolute atomic E-state index is 0.286. The molecule has 1 rings (SSSR count). The highest BCUT2D eigenvalue weighted by molar-refractivity contribution is 5.88. The maximum atomic E-state index is 11.0. The van der Waals surface area contributed by atoms with Crippen LogP contribution in [0.5, 0.6) is 0 Å². The van der Waals surface area contributed by atoms with E-state index in [2.05, 4.69) is 10.3 Å². The summed E-state index contributed by atoms with van der Waals surface area (Å²) in [7, 11) is 1.70. The first-order valence-corrected chi connectivity index (χ1v) is 6.64.